The lowest BCUT2D eigenvalue weighted by molar-refractivity contribution is -0.121. The molecule has 1 aliphatic rings. The van der Waals surface area contributed by atoms with Gasteiger partial charge in [0.2, 0.25) is 11.9 Å². The molecule has 0 spiro atoms. The second-order valence-electron chi connectivity index (χ2n) is 6.66. The lowest BCUT2D eigenvalue weighted by Crippen LogP contribution is -2.50. The molecule has 27 heavy (non-hydrogen) atoms. The van der Waals surface area contributed by atoms with Crippen molar-refractivity contribution in [2.45, 2.75) is 19.9 Å². The first kappa shape index (κ1) is 16.9. The number of imide groups is 1. The Morgan fingerprint density at radius 3 is 2.22 bits per heavy atom. The fourth-order valence-corrected chi connectivity index (χ4v) is 3.29. The smallest absolute Gasteiger partial charge is 0.262 e. The highest BCUT2D eigenvalue weighted by Crippen LogP contribution is 2.27. The molecule has 2 aromatic heterocycles. The van der Waals surface area contributed by atoms with E-state index in [0.717, 1.165) is 4.90 Å². The number of anilines is 1. The van der Waals surface area contributed by atoms with Crippen molar-refractivity contribution in [1.29, 1.82) is 0 Å². The van der Waals surface area contributed by atoms with Crippen LogP contribution in [-0.2, 0) is 4.79 Å². The Labute approximate surface area is 154 Å². The molecule has 0 saturated heterocycles. The van der Waals surface area contributed by atoms with E-state index in [1.54, 1.807) is 60.8 Å². The fourth-order valence-electron chi connectivity index (χ4n) is 3.29. The van der Waals surface area contributed by atoms with E-state index in [1.807, 2.05) is 6.07 Å². The maximum absolute atomic E-state index is 13.0. The van der Waals surface area contributed by atoms with Gasteiger partial charge in [-0.2, -0.15) is 0 Å². The SMILES string of the molecule is CC(C)C(C(=O)Nc1nnc2ccccn12)N1C(=O)c2ccccc2C1=O. The number of amides is 3. The second-order valence-corrected chi connectivity index (χ2v) is 6.66. The minimum absolute atomic E-state index is 0.234. The van der Waals surface area contributed by atoms with E-state index in [9.17, 15) is 14.4 Å². The zero-order valence-electron chi connectivity index (χ0n) is 14.8. The van der Waals surface area contributed by atoms with Crippen LogP contribution in [0.15, 0.2) is 48.7 Å². The van der Waals surface area contributed by atoms with Crippen molar-refractivity contribution in [3.8, 4) is 0 Å². The number of hydrogen-bond donors (Lipinski definition) is 1. The molecule has 1 atom stereocenters. The maximum atomic E-state index is 13.0. The molecule has 8 heteroatoms. The van der Waals surface area contributed by atoms with Crippen LogP contribution in [0.3, 0.4) is 0 Å². The van der Waals surface area contributed by atoms with Gasteiger partial charge in [0, 0.05) is 6.20 Å². The van der Waals surface area contributed by atoms with E-state index in [0.29, 0.717) is 16.8 Å². The molecule has 1 N–H and O–H groups in total. The highest BCUT2D eigenvalue weighted by Gasteiger charge is 2.44. The first-order valence-corrected chi connectivity index (χ1v) is 8.56. The van der Waals surface area contributed by atoms with Crippen LogP contribution in [-0.4, -0.2) is 43.3 Å². The van der Waals surface area contributed by atoms with Gasteiger partial charge in [0.15, 0.2) is 5.65 Å². The van der Waals surface area contributed by atoms with Crippen LogP contribution in [0.1, 0.15) is 34.6 Å². The number of hydrogen-bond acceptors (Lipinski definition) is 5. The topological polar surface area (TPSA) is 96.7 Å². The monoisotopic (exact) mass is 363 g/mol. The van der Waals surface area contributed by atoms with Gasteiger partial charge in [0.1, 0.15) is 6.04 Å². The van der Waals surface area contributed by atoms with E-state index in [2.05, 4.69) is 15.5 Å². The Morgan fingerprint density at radius 1 is 0.963 bits per heavy atom. The molecule has 8 nitrogen and oxygen atoms in total. The van der Waals surface area contributed by atoms with Crippen molar-refractivity contribution in [2.75, 3.05) is 5.32 Å². The lowest BCUT2D eigenvalue weighted by atomic mass is 10.0. The number of carbonyl (C=O) groups excluding carboxylic acids is 3. The van der Waals surface area contributed by atoms with Gasteiger partial charge in [-0.3, -0.25) is 29.0 Å². The summed E-state index contributed by atoms with van der Waals surface area (Å²) in [7, 11) is 0. The maximum Gasteiger partial charge on any atom is 0.262 e. The first-order chi connectivity index (χ1) is 13.0. The highest BCUT2D eigenvalue weighted by atomic mass is 16.2. The molecule has 0 saturated carbocycles. The van der Waals surface area contributed by atoms with Crippen molar-refractivity contribution in [3.63, 3.8) is 0 Å². The summed E-state index contributed by atoms with van der Waals surface area (Å²) < 4.78 is 1.62. The van der Waals surface area contributed by atoms with Gasteiger partial charge in [-0.15, -0.1) is 10.2 Å². The van der Waals surface area contributed by atoms with Crippen LogP contribution in [0, 0.1) is 5.92 Å². The molecule has 0 bridgehead atoms. The van der Waals surface area contributed by atoms with E-state index in [-0.39, 0.29) is 11.9 Å². The van der Waals surface area contributed by atoms with E-state index < -0.39 is 23.8 Å². The van der Waals surface area contributed by atoms with E-state index in [1.165, 1.54) is 0 Å². The third-order valence-electron chi connectivity index (χ3n) is 4.55. The number of benzene rings is 1. The zero-order chi connectivity index (χ0) is 19.1. The standard InChI is InChI=1S/C19H17N5O3/c1-11(2)15(24-17(26)12-7-3-4-8-13(12)18(24)27)16(25)20-19-22-21-14-9-5-6-10-23(14)19/h3-11,15H,1-2H3,(H,20,22,25). The summed E-state index contributed by atoms with van der Waals surface area (Å²) in [5.74, 6) is -1.46. The van der Waals surface area contributed by atoms with Crippen molar-refractivity contribution in [3.05, 3.63) is 59.8 Å². The fraction of sp³-hybridized carbons (Fsp3) is 0.211. The van der Waals surface area contributed by atoms with Gasteiger partial charge in [0.05, 0.1) is 11.1 Å². The Balaban J connectivity index is 1.66. The van der Waals surface area contributed by atoms with E-state index >= 15 is 0 Å². The third-order valence-corrected chi connectivity index (χ3v) is 4.55. The Bertz CT molecular complexity index is 1040. The Morgan fingerprint density at radius 2 is 1.59 bits per heavy atom. The molecule has 136 valence electrons. The van der Waals surface area contributed by atoms with Gasteiger partial charge in [-0.25, -0.2) is 0 Å². The molecule has 4 rings (SSSR count). The van der Waals surface area contributed by atoms with Gasteiger partial charge < -0.3 is 0 Å². The van der Waals surface area contributed by atoms with Crippen molar-refractivity contribution >= 4 is 29.3 Å². The minimum Gasteiger partial charge on any atom is -0.292 e. The number of aromatic nitrogens is 3. The minimum atomic E-state index is -0.964. The largest absolute Gasteiger partial charge is 0.292 e. The van der Waals surface area contributed by atoms with Crippen LogP contribution >= 0.6 is 0 Å². The molecule has 1 aromatic carbocycles. The summed E-state index contributed by atoms with van der Waals surface area (Å²) in [4.78, 5) is 39.6. The number of nitrogens with zero attached hydrogens (tertiary/aromatic N) is 4. The van der Waals surface area contributed by atoms with E-state index in [4.69, 9.17) is 0 Å². The summed E-state index contributed by atoms with van der Waals surface area (Å²) in [6.07, 6.45) is 1.72. The Hall–Kier alpha value is -3.55. The predicted octanol–water partition coefficient (Wildman–Crippen LogP) is 1.99. The van der Waals surface area contributed by atoms with Gasteiger partial charge in [0.25, 0.3) is 11.8 Å². The van der Waals surface area contributed by atoms with Crippen LogP contribution in [0.4, 0.5) is 5.95 Å². The summed E-state index contributed by atoms with van der Waals surface area (Å²) in [6, 6.07) is 11.0. The highest BCUT2D eigenvalue weighted by molar-refractivity contribution is 6.23. The van der Waals surface area contributed by atoms with Crippen molar-refractivity contribution in [2.24, 2.45) is 5.92 Å². The zero-order valence-corrected chi connectivity index (χ0v) is 14.8. The third kappa shape index (κ3) is 2.66. The Kier molecular flexibility index (Phi) is 3.95. The van der Waals surface area contributed by atoms with Crippen molar-refractivity contribution in [1.82, 2.24) is 19.5 Å². The van der Waals surface area contributed by atoms with Gasteiger partial charge in [-0.1, -0.05) is 32.0 Å². The number of pyridine rings is 1. The van der Waals surface area contributed by atoms with Crippen LogP contribution in [0.5, 0.6) is 0 Å². The number of fused-ring (bicyclic) bond motifs is 2. The number of carbonyl (C=O) groups is 3. The van der Waals surface area contributed by atoms with Crippen LogP contribution < -0.4 is 5.32 Å². The summed E-state index contributed by atoms with van der Waals surface area (Å²) in [5.41, 5.74) is 1.21. The molecule has 1 aliphatic heterocycles. The van der Waals surface area contributed by atoms with Crippen molar-refractivity contribution < 1.29 is 14.4 Å². The quantitative estimate of drug-likeness (QED) is 0.715. The molecule has 3 aromatic rings. The molecular weight excluding hydrogens is 346 g/mol. The average molecular weight is 363 g/mol. The molecule has 3 heterocycles. The lowest BCUT2D eigenvalue weighted by Gasteiger charge is -2.28. The molecule has 0 radical (unpaired) electrons. The first-order valence-electron chi connectivity index (χ1n) is 8.56. The summed E-state index contributed by atoms with van der Waals surface area (Å²) in [5, 5.41) is 10.7. The second kappa shape index (κ2) is 6.31. The molecular formula is C19H17N5O3. The summed E-state index contributed by atoms with van der Waals surface area (Å²) in [6.45, 7) is 3.57. The average Bonchev–Trinajstić information content (AvgIpc) is 3.17. The number of rotatable bonds is 4. The normalized spacial score (nSPS) is 14.7. The van der Waals surface area contributed by atoms with Crippen LogP contribution in [0.2, 0.25) is 0 Å². The molecule has 0 aliphatic carbocycles. The van der Waals surface area contributed by atoms with Gasteiger partial charge >= 0.3 is 0 Å². The summed E-state index contributed by atoms with van der Waals surface area (Å²) >= 11 is 0. The predicted molar refractivity (Wildman–Crippen MR) is 97.2 cm³/mol. The molecule has 1 unspecified atom stereocenters. The number of nitrogens with one attached hydrogen (secondary N) is 1. The van der Waals surface area contributed by atoms with Crippen LogP contribution in [0.25, 0.3) is 5.65 Å². The van der Waals surface area contributed by atoms with Gasteiger partial charge in [-0.05, 0) is 30.2 Å². The molecule has 3 amide bonds. The molecule has 0 fully saturated rings.